The molecule has 3 nitrogen and oxygen atoms in total. The van der Waals surface area contributed by atoms with Crippen LogP contribution in [0.1, 0.15) is 39.5 Å². The molecule has 1 unspecified atom stereocenters. The minimum absolute atomic E-state index is 0.588. The molecule has 0 aromatic heterocycles. The highest BCUT2D eigenvalue weighted by atomic mass is 16.5. The van der Waals surface area contributed by atoms with Gasteiger partial charge in [-0.15, -0.1) is 0 Å². The van der Waals surface area contributed by atoms with Gasteiger partial charge in [-0.1, -0.05) is 19.8 Å². The van der Waals surface area contributed by atoms with E-state index in [4.69, 9.17) is 15.7 Å². The fourth-order valence-electron chi connectivity index (χ4n) is 0.896. The molecule has 0 aromatic rings. The summed E-state index contributed by atoms with van der Waals surface area (Å²) in [6.07, 6.45) is 4.12. The van der Waals surface area contributed by atoms with E-state index in [2.05, 4.69) is 6.92 Å². The molecule has 0 saturated heterocycles. The molecule has 0 spiro atoms. The fraction of sp³-hybridized carbons (Fsp3) is 0.900. The second-order valence-electron chi connectivity index (χ2n) is 3.60. The van der Waals surface area contributed by atoms with Crippen molar-refractivity contribution in [1.29, 1.82) is 5.26 Å². The molecule has 0 aliphatic carbocycles. The molecule has 76 valence electrons. The van der Waals surface area contributed by atoms with Gasteiger partial charge in [0.05, 0.1) is 6.07 Å². The quantitative estimate of drug-likeness (QED) is 0.614. The van der Waals surface area contributed by atoms with E-state index in [-0.39, 0.29) is 0 Å². The van der Waals surface area contributed by atoms with E-state index in [1.165, 1.54) is 12.8 Å². The molecular weight excluding hydrogens is 164 g/mol. The molecule has 1 atom stereocenters. The van der Waals surface area contributed by atoms with Crippen LogP contribution in [0.5, 0.6) is 0 Å². The van der Waals surface area contributed by atoms with Crippen molar-refractivity contribution in [3.05, 3.63) is 0 Å². The Kier molecular flexibility index (Phi) is 6.56. The van der Waals surface area contributed by atoms with Gasteiger partial charge in [0, 0.05) is 19.6 Å². The Morgan fingerprint density at radius 3 is 2.62 bits per heavy atom. The van der Waals surface area contributed by atoms with Gasteiger partial charge in [-0.25, -0.2) is 0 Å². The van der Waals surface area contributed by atoms with E-state index in [0.29, 0.717) is 13.0 Å². The number of nitriles is 1. The summed E-state index contributed by atoms with van der Waals surface area (Å²) >= 11 is 0. The molecule has 2 N–H and O–H groups in total. The molecule has 0 aliphatic rings. The van der Waals surface area contributed by atoms with E-state index in [1.807, 2.05) is 6.07 Å². The first-order valence-corrected chi connectivity index (χ1v) is 4.90. The largest absolute Gasteiger partial charge is 0.381 e. The third-order valence-electron chi connectivity index (χ3n) is 1.91. The maximum atomic E-state index is 8.60. The van der Waals surface area contributed by atoms with Gasteiger partial charge in [-0.3, -0.25) is 0 Å². The van der Waals surface area contributed by atoms with Crippen molar-refractivity contribution in [2.75, 3.05) is 13.2 Å². The summed E-state index contributed by atoms with van der Waals surface area (Å²) < 4.78 is 5.34. The van der Waals surface area contributed by atoms with Gasteiger partial charge in [0.25, 0.3) is 0 Å². The molecule has 0 heterocycles. The Bertz CT molecular complexity index is 161. The van der Waals surface area contributed by atoms with Gasteiger partial charge in [-0.05, 0) is 13.3 Å². The predicted molar refractivity (Wildman–Crippen MR) is 53.2 cm³/mol. The monoisotopic (exact) mass is 184 g/mol. The average molecular weight is 184 g/mol. The third kappa shape index (κ3) is 7.76. The summed E-state index contributed by atoms with van der Waals surface area (Å²) in [5.41, 5.74) is 4.88. The lowest BCUT2D eigenvalue weighted by molar-refractivity contribution is 0.119. The summed E-state index contributed by atoms with van der Waals surface area (Å²) in [4.78, 5) is 0. The second kappa shape index (κ2) is 6.88. The van der Waals surface area contributed by atoms with E-state index in [1.54, 1.807) is 6.92 Å². The maximum absolute atomic E-state index is 8.60. The Morgan fingerprint density at radius 1 is 1.38 bits per heavy atom. The predicted octanol–water partition coefficient (Wildman–Crippen LogP) is 1.82. The number of hydrogen-bond acceptors (Lipinski definition) is 3. The van der Waals surface area contributed by atoms with Crippen molar-refractivity contribution in [2.45, 2.75) is 45.1 Å². The number of unbranched alkanes of at least 4 members (excludes halogenated alkanes) is 2. The molecule has 0 fully saturated rings. The molecule has 0 saturated carbocycles. The second-order valence-corrected chi connectivity index (χ2v) is 3.60. The van der Waals surface area contributed by atoms with Crippen LogP contribution in [0.25, 0.3) is 0 Å². The highest BCUT2D eigenvalue weighted by Gasteiger charge is 2.15. The molecular formula is C10H20N2O. The van der Waals surface area contributed by atoms with Crippen molar-refractivity contribution >= 4 is 0 Å². The summed E-state index contributed by atoms with van der Waals surface area (Å²) in [5, 5.41) is 8.60. The Morgan fingerprint density at radius 2 is 2.08 bits per heavy atom. The first-order chi connectivity index (χ1) is 6.12. The minimum atomic E-state index is -0.731. The summed E-state index contributed by atoms with van der Waals surface area (Å²) in [7, 11) is 0. The zero-order valence-corrected chi connectivity index (χ0v) is 8.68. The van der Waals surface area contributed by atoms with Crippen LogP contribution in [0.3, 0.4) is 0 Å². The van der Waals surface area contributed by atoms with Gasteiger partial charge < -0.3 is 10.5 Å². The zero-order chi connectivity index (χ0) is 10.2. The smallest absolute Gasteiger partial charge is 0.103 e. The highest BCUT2D eigenvalue weighted by Crippen LogP contribution is 2.03. The van der Waals surface area contributed by atoms with Crippen LogP contribution in [0, 0.1) is 11.3 Å². The normalized spacial score (nSPS) is 14.9. The zero-order valence-electron chi connectivity index (χ0n) is 8.68. The van der Waals surface area contributed by atoms with E-state index in [0.717, 1.165) is 13.0 Å². The van der Waals surface area contributed by atoms with Crippen molar-refractivity contribution in [3.8, 4) is 6.07 Å². The lowest BCUT2D eigenvalue weighted by atomic mass is 10.0. The molecule has 0 rings (SSSR count). The number of nitrogens with zero attached hydrogens (tertiary/aromatic N) is 1. The number of ether oxygens (including phenoxy) is 1. The first kappa shape index (κ1) is 12.4. The van der Waals surface area contributed by atoms with Crippen LogP contribution in [0.4, 0.5) is 0 Å². The molecule has 13 heavy (non-hydrogen) atoms. The van der Waals surface area contributed by atoms with Gasteiger partial charge in [0.15, 0.2) is 0 Å². The molecule has 0 amide bonds. The molecule has 3 heteroatoms. The molecule has 0 bridgehead atoms. The average Bonchev–Trinajstić information content (AvgIpc) is 2.11. The van der Waals surface area contributed by atoms with Crippen LogP contribution < -0.4 is 5.73 Å². The van der Waals surface area contributed by atoms with Gasteiger partial charge >= 0.3 is 0 Å². The minimum Gasteiger partial charge on any atom is -0.381 e. The Labute approximate surface area is 80.9 Å². The lowest BCUT2D eigenvalue weighted by Gasteiger charge is -2.14. The summed E-state index contributed by atoms with van der Waals surface area (Å²) in [6, 6.07) is 2.04. The van der Waals surface area contributed by atoms with Gasteiger partial charge in [0.2, 0.25) is 0 Å². The number of nitrogens with two attached hydrogens (primary N) is 1. The van der Waals surface area contributed by atoms with Crippen molar-refractivity contribution in [1.82, 2.24) is 0 Å². The SMILES string of the molecule is CCCCCOCCC(C)(N)C#N. The third-order valence-corrected chi connectivity index (χ3v) is 1.91. The van der Waals surface area contributed by atoms with Crippen molar-refractivity contribution in [3.63, 3.8) is 0 Å². The Balaban J connectivity index is 3.22. The Hall–Kier alpha value is -0.590. The lowest BCUT2D eigenvalue weighted by Crippen LogP contribution is -2.35. The van der Waals surface area contributed by atoms with Crippen LogP contribution >= 0.6 is 0 Å². The van der Waals surface area contributed by atoms with Crippen LogP contribution in [0.15, 0.2) is 0 Å². The first-order valence-electron chi connectivity index (χ1n) is 4.90. The molecule has 0 aliphatic heterocycles. The van der Waals surface area contributed by atoms with Crippen LogP contribution in [-0.2, 0) is 4.74 Å². The molecule has 0 aromatic carbocycles. The fourth-order valence-corrected chi connectivity index (χ4v) is 0.896. The number of rotatable bonds is 7. The van der Waals surface area contributed by atoms with Crippen molar-refractivity contribution < 1.29 is 4.74 Å². The molecule has 0 radical (unpaired) electrons. The maximum Gasteiger partial charge on any atom is 0.103 e. The van der Waals surface area contributed by atoms with E-state index in [9.17, 15) is 0 Å². The number of hydrogen-bond donors (Lipinski definition) is 1. The van der Waals surface area contributed by atoms with Crippen LogP contribution in [0.2, 0.25) is 0 Å². The van der Waals surface area contributed by atoms with Gasteiger partial charge in [0.1, 0.15) is 5.54 Å². The van der Waals surface area contributed by atoms with Crippen LogP contribution in [-0.4, -0.2) is 18.8 Å². The van der Waals surface area contributed by atoms with Gasteiger partial charge in [-0.2, -0.15) is 5.26 Å². The summed E-state index contributed by atoms with van der Waals surface area (Å²) in [5.74, 6) is 0. The van der Waals surface area contributed by atoms with E-state index >= 15 is 0 Å². The topological polar surface area (TPSA) is 59.0 Å². The highest BCUT2D eigenvalue weighted by molar-refractivity contribution is 5.00. The van der Waals surface area contributed by atoms with Crippen molar-refractivity contribution in [2.24, 2.45) is 5.73 Å². The standard InChI is InChI=1S/C10H20N2O/c1-3-4-5-7-13-8-6-10(2,12)9-11/h3-8,12H2,1-2H3. The van der Waals surface area contributed by atoms with E-state index < -0.39 is 5.54 Å². The summed E-state index contributed by atoms with van der Waals surface area (Å²) in [6.45, 7) is 5.26.